The van der Waals surface area contributed by atoms with Crippen LogP contribution in [0.5, 0.6) is 0 Å². The molecule has 9 nitrogen and oxygen atoms in total. The van der Waals surface area contributed by atoms with E-state index in [0.717, 1.165) is 24.1 Å². The van der Waals surface area contributed by atoms with E-state index in [1.54, 1.807) is 10.9 Å². The van der Waals surface area contributed by atoms with Crippen molar-refractivity contribution in [1.29, 1.82) is 0 Å². The fourth-order valence-corrected chi connectivity index (χ4v) is 3.10. The molecule has 9 heteroatoms. The fourth-order valence-electron chi connectivity index (χ4n) is 3.10. The molecule has 0 fully saturated rings. The van der Waals surface area contributed by atoms with E-state index in [4.69, 9.17) is 5.73 Å². The highest BCUT2D eigenvalue weighted by Gasteiger charge is 2.17. The van der Waals surface area contributed by atoms with Crippen LogP contribution in [-0.2, 0) is 19.7 Å². The molecule has 0 bridgehead atoms. The van der Waals surface area contributed by atoms with Crippen molar-refractivity contribution < 1.29 is 5.11 Å². The zero-order valence-corrected chi connectivity index (χ0v) is 15.6. The van der Waals surface area contributed by atoms with Crippen LogP contribution >= 0.6 is 0 Å². The average Bonchev–Trinajstić information content (AvgIpc) is 3.36. The van der Waals surface area contributed by atoms with Crippen LogP contribution in [0.2, 0.25) is 0 Å². The molecule has 4 rings (SSSR count). The van der Waals surface area contributed by atoms with E-state index in [1.807, 2.05) is 41.1 Å². The summed E-state index contributed by atoms with van der Waals surface area (Å²) < 4.78 is 3.70. The number of aliphatic hydroxyl groups is 1. The predicted molar refractivity (Wildman–Crippen MR) is 107 cm³/mol. The molecule has 4 aromatic rings. The minimum atomic E-state index is 0.00958. The summed E-state index contributed by atoms with van der Waals surface area (Å²) in [4.78, 5) is 13.6. The Morgan fingerprint density at radius 1 is 1.14 bits per heavy atom. The van der Waals surface area contributed by atoms with Gasteiger partial charge in [-0.1, -0.05) is 31.2 Å². The standard InChI is InChI=1S/C19H22N8O/c1-2-8-26-17-15(23-19(26)27-9-4-7-22-27)16(20)24-18(25-17)21-11-13-5-3-6-14(10-13)12-28/h3-7,9-10,28H,2,8,11-12H2,1H3,(H3,20,21,24,25). The van der Waals surface area contributed by atoms with Crippen molar-refractivity contribution in [3.63, 3.8) is 0 Å². The van der Waals surface area contributed by atoms with Gasteiger partial charge in [-0.25, -0.2) is 9.67 Å². The topological polar surface area (TPSA) is 120 Å². The maximum atomic E-state index is 9.29. The number of rotatable bonds is 7. The third-order valence-corrected chi connectivity index (χ3v) is 4.38. The number of hydrogen-bond donors (Lipinski definition) is 3. The van der Waals surface area contributed by atoms with Crippen molar-refractivity contribution in [2.75, 3.05) is 11.1 Å². The number of nitrogens with two attached hydrogens (primary N) is 1. The molecule has 4 N–H and O–H groups in total. The number of imidazole rings is 1. The first-order valence-electron chi connectivity index (χ1n) is 9.16. The summed E-state index contributed by atoms with van der Waals surface area (Å²) >= 11 is 0. The monoisotopic (exact) mass is 378 g/mol. The molecule has 3 heterocycles. The van der Waals surface area contributed by atoms with Crippen molar-refractivity contribution in [3.8, 4) is 5.95 Å². The molecule has 0 saturated heterocycles. The second kappa shape index (κ2) is 7.65. The SMILES string of the molecule is CCCn1c(-n2cccn2)nc2c(N)nc(NCc3cccc(CO)c3)nc21. The zero-order chi connectivity index (χ0) is 19.5. The smallest absolute Gasteiger partial charge is 0.233 e. The molecular formula is C19H22N8O. The molecule has 0 atom stereocenters. The van der Waals surface area contributed by atoms with Crippen molar-refractivity contribution in [2.24, 2.45) is 0 Å². The van der Waals surface area contributed by atoms with Gasteiger partial charge in [-0.2, -0.15) is 15.1 Å². The first kappa shape index (κ1) is 17.9. The fraction of sp³-hybridized carbons (Fsp3) is 0.263. The molecule has 0 unspecified atom stereocenters. The Hall–Kier alpha value is -3.46. The van der Waals surface area contributed by atoms with Crippen LogP contribution in [0.1, 0.15) is 24.5 Å². The molecule has 0 radical (unpaired) electrons. The van der Waals surface area contributed by atoms with E-state index >= 15 is 0 Å². The molecule has 0 aliphatic carbocycles. The van der Waals surface area contributed by atoms with Crippen molar-refractivity contribution in [1.82, 2.24) is 29.3 Å². The quantitative estimate of drug-likeness (QED) is 0.450. The number of aromatic nitrogens is 6. The Labute approximate surface area is 161 Å². The van der Waals surface area contributed by atoms with Gasteiger partial charge in [0.25, 0.3) is 0 Å². The number of nitrogen functional groups attached to an aromatic ring is 1. The lowest BCUT2D eigenvalue weighted by molar-refractivity contribution is 0.281. The molecule has 0 aliphatic rings. The Morgan fingerprint density at radius 2 is 2.00 bits per heavy atom. The number of aryl methyl sites for hydroxylation is 1. The van der Waals surface area contributed by atoms with E-state index in [2.05, 4.69) is 32.3 Å². The zero-order valence-electron chi connectivity index (χ0n) is 15.6. The van der Waals surface area contributed by atoms with Crippen molar-refractivity contribution >= 4 is 22.9 Å². The third kappa shape index (κ3) is 3.39. The third-order valence-electron chi connectivity index (χ3n) is 4.38. The highest BCUT2D eigenvalue weighted by molar-refractivity contribution is 5.84. The second-order valence-corrected chi connectivity index (χ2v) is 6.45. The first-order valence-corrected chi connectivity index (χ1v) is 9.16. The highest BCUT2D eigenvalue weighted by Crippen LogP contribution is 2.23. The minimum absolute atomic E-state index is 0.00958. The largest absolute Gasteiger partial charge is 0.392 e. The van der Waals surface area contributed by atoms with Gasteiger partial charge in [0.15, 0.2) is 17.0 Å². The van der Waals surface area contributed by atoms with Crippen LogP contribution in [0, 0.1) is 0 Å². The van der Waals surface area contributed by atoms with Gasteiger partial charge in [-0.3, -0.25) is 4.57 Å². The number of anilines is 2. The van der Waals surface area contributed by atoms with Crippen LogP contribution in [-0.4, -0.2) is 34.4 Å². The predicted octanol–water partition coefficient (Wildman–Crippen LogP) is 2.11. The molecule has 0 amide bonds. The van der Waals surface area contributed by atoms with E-state index < -0.39 is 0 Å². The summed E-state index contributed by atoms with van der Waals surface area (Å²) in [6.45, 7) is 3.36. The van der Waals surface area contributed by atoms with Crippen LogP contribution in [0.15, 0.2) is 42.7 Å². The van der Waals surface area contributed by atoms with Gasteiger partial charge in [0.1, 0.15) is 0 Å². The van der Waals surface area contributed by atoms with Crippen LogP contribution in [0.25, 0.3) is 17.1 Å². The minimum Gasteiger partial charge on any atom is -0.392 e. The van der Waals surface area contributed by atoms with Crippen LogP contribution in [0.4, 0.5) is 11.8 Å². The summed E-state index contributed by atoms with van der Waals surface area (Å²) in [6.07, 6.45) is 4.46. The van der Waals surface area contributed by atoms with Gasteiger partial charge in [0, 0.05) is 25.5 Å². The van der Waals surface area contributed by atoms with Crippen molar-refractivity contribution in [2.45, 2.75) is 33.0 Å². The number of benzene rings is 1. The van der Waals surface area contributed by atoms with Gasteiger partial charge in [-0.15, -0.1) is 0 Å². The Morgan fingerprint density at radius 3 is 2.75 bits per heavy atom. The summed E-state index contributed by atoms with van der Waals surface area (Å²) in [6, 6.07) is 9.55. The summed E-state index contributed by atoms with van der Waals surface area (Å²) in [7, 11) is 0. The first-order chi connectivity index (χ1) is 13.7. The lowest BCUT2D eigenvalue weighted by Crippen LogP contribution is -2.09. The van der Waals surface area contributed by atoms with Crippen LogP contribution in [0.3, 0.4) is 0 Å². The Kier molecular flexibility index (Phi) is 4.90. The lowest BCUT2D eigenvalue weighted by atomic mass is 10.1. The summed E-state index contributed by atoms with van der Waals surface area (Å²) in [5.74, 6) is 1.42. The van der Waals surface area contributed by atoms with E-state index in [9.17, 15) is 5.11 Å². The van der Waals surface area contributed by atoms with E-state index in [0.29, 0.717) is 35.4 Å². The molecule has 144 valence electrons. The summed E-state index contributed by atoms with van der Waals surface area (Å²) in [5, 5.41) is 16.8. The van der Waals surface area contributed by atoms with Gasteiger partial charge in [0.05, 0.1) is 6.61 Å². The van der Waals surface area contributed by atoms with Crippen molar-refractivity contribution in [3.05, 3.63) is 53.9 Å². The summed E-state index contributed by atoms with van der Waals surface area (Å²) in [5.41, 5.74) is 9.29. The number of aliphatic hydroxyl groups excluding tert-OH is 1. The van der Waals surface area contributed by atoms with E-state index in [-0.39, 0.29) is 6.61 Å². The van der Waals surface area contributed by atoms with Crippen LogP contribution < -0.4 is 11.1 Å². The molecular weight excluding hydrogens is 356 g/mol. The highest BCUT2D eigenvalue weighted by atomic mass is 16.3. The molecule has 28 heavy (non-hydrogen) atoms. The van der Waals surface area contributed by atoms with Gasteiger partial charge >= 0.3 is 0 Å². The number of fused-ring (bicyclic) bond motifs is 1. The average molecular weight is 378 g/mol. The lowest BCUT2D eigenvalue weighted by Gasteiger charge is -2.09. The van der Waals surface area contributed by atoms with E-state index in [1.165, 1.54) is 0 Å². The number of nitrogens with zero attached hydrogens (tertiary/aromatic N) is 6. The molecule has 0 saturated carbocycles. The second-order valence-electron chi connectivity index (χ2n) is 6.45. The maximum Gasteiger partial charge on any atom is 0.233 e. The van der Waals surface area contributed by atoms with Gasteiger partial charge in [-0.05, 0) is 23.6 Å². The normalized spacial score (nSPS) is 11.2. The molecule has 0 spiro atoms. The maximum absolute atomic E-state index is 9.29. The molecule has 0 aliphatic heterocycles. The van der Waals surface area contributed by atoms with Gasteiger partial charge in [0.2, 0.25) is 11.9 Å². The Balaban J connectivity index is 1.69. The number of nitrogens with one attached hydrogen (secondary N) is 1. The van der Waals surface area contributed by atoms with Gasteiger partial charge < -0.3 is 16.2 Å². The number of hydrogen-bond acceptors (Lipinski definition) is 7. The molecule has 3 aromatic heterocycles. The molecule has 1 aromatic carbocycles. The Bertz CT molecular complexity index is 1090.